The van der Waals surface area contributed by atoms with Crippen LogP contribution in [0, 0.1) is 5.92 Å². The molecule has 1 heterocycles. The number of allylic oxidation sites excluding steroid dienone is 1. The largest absolute Gasteiger partial charge is 0.407 e. The van der Waals surface area contributed by atoms with E-state index in [2.05, 4.69) is 64.0 Å². The van der Waals surface area contributed by atoms with E-state index < -0.39 is 14.4 Å². The van der Waals surface area contributed by atoms with Crippen molar-refractivity contribution < 1.29 is 13.9 Å². The van der Waals surface area contributed by atoms with Gasteiger partial charge in [0.1, 0.15) is 17.6 Å². The second-order valence-corrected chi connectivity index (χ2v) is 14.4. The quantitative estimate of drug-likeness (QED) is 0.367. The summed E-state index contributed by atoms with van der Waals surface area (Å²) in [5, 5.41) is 17.3. The Hall–Kier alpha value is -1.31. The van der Waals surface area contributed by atoms with E-state index in [-0.39, 0.29) is 17.5 Å². The van der Waals surface area contributed by atoms with Crippen molar-refractivity contribution in [3.05, 3.63) is 29.4 Å². The molecule has 0 spiro atoms. The summed E-state index contributed by atoms with van der Waals surface area (Å²) in [6, 6.07) is 0. The lowest BCUT2D eigenvalue weighted by molar-refractivity contribution is 0.191. The Morgan fingerprint density at radius 3 is 2.55 bits per heavy atom. The van der Waals surface area contributed by atoms with Crippen molar-refractivity contribution in [3.8, 4) is 0 Å². The minimum absolute atomic E-state index is 0.00270. The number of aliphatic hydroxyl groups is 1. The molecule has 0 amide bonds. The van der Waals surface area contributed by atoms with E-state index in [9.17, 15) is 0 Å². The first-order chi connectivity index (χ1) is 13.4. The summed E-state index contributed by atoms with van der Waals surface area (Å²) in [5.41, 5.74) is 1.72. The first-order valence-electron chi connectivity index (χ1n) is 10.5. The third kappa shape index (κ3) is 8.93. The lowest BCUT2D eigenvalue weighted by atomic mass is 10.0. The predicted molar refractivity (Wildman–Crippen MR) is 121 cm³/mol. The number of aryl methyl sites for hydroxylation is 1. The molecule has 0 unspecified atom stereocenters. The topological polar surface area (TPSA) is 60.2 Å². The maximum Gasteiger partial charge on any atom is 0.193 e. The molecule has 0 radical (unpaired) electrons. The Balaban J connectivity index is 2.92. The van der Waals surface area contributed by atoms with Crippen molar-refractivity contribution in [1.29, 1.82) is 0 Å². The van der Waals surface area contributed by atoms with Gasteiger partial charge in [-0.1, -0.05) is 39.3 Å². The van der Waals surface area contributed by atoms with Gasteiger partial charge in [0, 0.05) is 19.7 Å². The van der Waals surface area contributed by atoms with Gasteiger partial charge in [-0.25, -0.2) is 4.39 Å². The standard InChI is InChI=1S/C22H40FN3O2Si/c1-17(10-9-11-18(2)16-27)12-13-21(28-29(7,8)22(3,4)5)20(23)14-19-15-24-26(6)25-19/h12,14-15,18,21,27H,9-11,13,16H2,1-8H3/t18-,21-/m0/s1. The third-order valence-electron chi connectivity index (χ3n) is 5.71. The Bertz CT molecular complexity index is 692. The Morgan fingerprint density at radius 2 is 2.03 bits per heavy atom. The summed E-state index contributed by atoms with van der Waals surface area (Å²) in [7, 11) is -0.428. The summed E-state index contributed by atoms with van der Waals surface area (Å²) < 4.78 is 21.6. The average molecular weight is 426 g/mol. The highest BCUT2D eigenvalue weighted by Crippen LogP contribution is 2.39. The van der Waals surface area contributed by atoms with Gasteiger partial charge in [-0.15, -0.1) is 0 Å². The molecule has 1 N–H and O–H groups in total. The second-order valence-electron chi connectivity index (χ2n) is 9.62. The maximum absolute atomic E-state index is 15.2. The molecule has 0 saturated carbocycles. The molecule has 7 heteroatoms. The smallest absolute Gasteiger partial charge is 0.193 e. The molecule has 1 aromatic heterocycles. The van der Waals surface area contributed by atoms with E-state index in [4.69, 9.17) is 9.53 Å². The molecule has 0 fully saturated rings. The van der Waals surface area contributed by atoms with Gasteiger partial charge in [0.25, 0.3) is 0 Å². The summed E-state index contributed by atoms with van der Waals surface area (Å²) in [4.78, 5) is 1.42. The van der Waals surface area contributed by atoms with Gasteiger partial charge in [0.2, 0.25) is 0 Å². The van der Waals surface area contributed by atoms with E-state index in [0.717, 1.165) is 19.3 Å². The van der Waals surface area contributed by atoms with E-state index in [1.54, 1.807) is 13.2 Å². The summed E-state index contributed by atoms with van der Waals surface area (Å²) in [5.74, 6) is 0.0121. The normalized spacial score (nSPS) is 16.2. The zero-order valence-electron chi connectivity index (χ0n) is 19.5. The highest BCUT2D eigenvalue weighted by molar-refractivity contribution is 6.74. The van der Waals surface area contributed by atoms with Crippen LogP contribution in [-0.4, -0.2) is 41.1 Å². The number of aromatic nitrogens is 3. The minimum Gasteiger partial charge on any atom is -0.407 e. The van der Waals surface area contributed by atoms with Crippen molar-refractivity contribution in [1.82, 2.24) is 15.0 Å². The molecule has 166 valence electrons. The monoisotopic (exact) mass is 425 g/mol. The number of hydrogen-bond acceptors (Lipinski definition) is 4. The van der Waals surface area contributed by atoms with Gasteiger partial charge >= 0.3 is 0 Å². The van der Waals surface area contributed by atoms with Gasteiger partial charge in [0.15, 0.2) is 8.32 Å². The molecule has 0 aliphatic heterocycles. The number of aliphatic hydroxyl groups excluding tert-OH is 1. The fourth-order valence-electron chi connectivity index (χ4n) is 2.64. The highest BCUT2D eigenvalue weighted by Gasteiger charge is 2.39. The van der Waals surface area contributed by atoms with Gasteiger partial charge < -0.3 is 9.53 Å². The van der Waals surface area contributed by atoms with Crippen LogP contribution in [0.1, 0.15) is 66.0 Å². The van der Waals surface area contributed by atoms with Gasteiger partial charge in [-0.3, -0.25) is 0 Å². The van der Waals surface area contributed by atoms with Crippen LogP contribution in [0.4, 0.5) is 4.39 Å². The van der Waals surface area contributed by atoms with Crippen LogP contribution in [-0.2, 0) is 11.5 Å². The Kier molecular flexibility index (Phi) is 9.92. The van der Waals surface area contributed by atoms with Crippen molar-refractivity contribution in [2.24, 2.45) is 13.0 Å². The number of halogens is 1. The highest BCUT2D eigenvalue weighted by atomic mass is 28.4. The molecular weight excluding hydrogens is 385 g/mol. The zero-order chi connectivity index (χ0) is 22.2. The predicted octanol–water partition coefficient (Wildman–Crippen LogP) is 5.65. The fourth-order valence-corrected chi connectivity index (χ4v) is 3.92. The number of rotatable bonds is 11. The Labute approximate surface area is 177 Å². The summed E-state index contributed by atoms with van der Waals surface area (Å²) >= 11 is 0. The van der Waals surface area contributed by atoms with Crippen LogP contribution in [0.25, 0.3) is 6.08 Å². The van der Waals surface area contributed by atoms with Crippen LogP contribution >= 0.6 is 0 Å². The molecule has 29 heavy (non-hydrogen) atoms. The molecule has 1 aromatic rings. The van der Waals surface area contributed by atoms with Crippen LogP contribution in [0.2, 0.25) is 18.1 Å². The SMILES string of the molecule is CC(=CC[C@H](O[Si](C)(C)C(C)(C)C)C(F)=Cc1cnn(C)n1)CCC[C@H](C)CO. The first-order valence-corrected chi connectivity index (χ1v) is 13.4. The second kappa shape index (κ2) is 11.2. The molecule has 0 aromatic carbocycles. The number of hydrogen-bond donors (Lipinski definition) is 1. The third-order valence-corrected chi connectivity index (χ3v) is 10.2. The fraction of sp³-hybridized carbons (Fsp3) is 0.727. The molecular formula is C22H40FN3O2Si. The average Bonchev–Trinajstić information content (AvgIpc) is 3.01. The van der Waals surface area contributed by atoms with E-state index >= 15 is 4.39 Å². The molecule has 1 rings (SSSR count). The Morgan fingerprint density at radius 1 is 1.38 bits per heavy atom. The van der Waals surface area contributed by atoms with E-state index in [1.165, 1.54) is 16.4 Å². The van der Waals surface area contributed by atoms with Crippen molar-refractivity contribution in [2.45, 2.75) is 84.5 Å². The number of nitrogens with zero attached hydrogens (tertiary/aromatic N) is 3. The van der Waals surface area contributed by atoms with Crippen molar-refractivity contribution in [3.63, 3.8) is 0 Å². The molecule has 5 nitrogen and oxygen atoms in total. The molecule has 0 aliphatic carbocycles. The molecule has 0 saturated heterocycles. The van der Waals surface area contributed by atoms with Crippen LogP contribution in [0.15, 0.2) is 23.7 Å². The van der Waals surface area contributed by atoms with E-state index in [0.29, 0.717) is 18.0 Å². The summed E-state index contributed by atoms with van der Waals surface area (Å²) in [6.45, 7) is 15.1. The van der Waals surface area contributed by atoms with Gasteiger partial charge in [0.05, 0.1) is 6.20 Å². The lowest BCUT2D eigenvalue weighted by Crippen LogP contribution is -2.44. The maximum atomic E-state index is 15.2. The summed E-state index contributed by atoms with van der Waals surface area (Å²) in [6.07, 6.45) is 7.91. The van der Waals surface area contributed by atoms with Crippen LogP contribution in [0.3, 0.4) is 0 Å². The first kappa shape index (κ1) is 25.7. The zero-order valence-corrected chi connectivity index (χ0v) is 20.5. The molecule has 0 aliphatic rings. The van der Waals surface area contributed by atoms with Gasteiger partial charge in [-0.05, 0) is 56.7 Å². The van der Waals surface area contributed by atoms with Crippen molar-refractivity contribution >= 4 is 14.4 Å². The minimum atomic E-state index is -2.14. The van der Waals surface area contributed by atoms with Gasteiger partial charge in [-0.2, -0.15) is 15.0 Å². The molecule has 2 atom stereocenters. The van der Waals surface area contributed by atoms with Crippen molar-refractivity contribution in [2.75, 3.05) is 6.61 Å². The molecule has 0 bridgehead atoms. The van der Waals surface area contributed by atoms with E-state index in [1.807, 2.05) is 0 Å². The lowest BCUT2D eigenvalue weighted by Gasteiger charge is -2.38. The van der Waals surface area contributed by atoms with Crippen LogP contribution < -0.4 is 0 Å². The van der Waals surface area contributed by atoms with Crippen LogP contribution in [0.5, 0.6) is 0 Å².